The zero-order valence-electron chi connectivity index (χ0n) is 13.6. The molecular formula is C17H18Cl2N2O3S. The minimum absolute atomic E-state index is 0.0784. The Balaban J connectivity index is 1.92. The van der Waals surface area contributed by atoms with Gasteiger partial charge in [-0.15, -0.1) is 0 Å². The van der Waals surface area contributed by atoms with E-state index >= 15 is 0 Å². The lowest BCUT2D eigenvalue weighted by Crippen LogP contribution is -2.27. The van der Waals surface area contributed by atoms with Crippen LogP contribution in [0.5, 0.6) is 0 Å². The molecule has 0 radical (unpaired) electrons. The second-order valence-corrected chi connectivity index (χ2v) is 8.21. The fourth-order valence-electron chi connectivity index (χ4n) is 2.31. The largest absolute Gasteiger partial charge is 0.355 e. The SMILES string of the molecule is CS(=O)(=O)Nc1ccccc1CC(=O)NCCc1cc(Cl)cc(Cl)c1. The molecule has 25 heavy (non-hydrogen) atoms. The van der Waals surface area contributed by atoms with Gasteiger partial charge in [0.1, 0.15) is 0 Å². The first-order chi connectivity index (χ1) is 11.7. The van der Waals surface area contributed by atoms with Crippen LogP contribution in [0.25, 0.3) is 0 Å². The molecule has 0 bridgehead atoms. The molecule has 2 aromatic rings. The fourth-order valence-corrected chi connectivity index (χ4v) is 3.48. The maximum absolute atomic E-state index is 12.1. The third-order valence-electron chi connectivity index (χ3n) is 3.32. The maximum atomic E-state index is 12.1. The summed E-state index contributed by atoms with van der Waals surface area (Å²) in [5.74, 6) is -0.198. The summed E-state index contributed by atoms with van der Waals surface area (Å²) in [6.07, 6.45) is 1.74. The van der Waals surface area contributed by atoms with Gasteiger partial charge in [-0.1, -0.05) is 41.4 Å². The molecule has 0 saturated carbocycles. The first-order valence-corrected chi connectivity index (χ1v) is 10.1. The zero-order chi connectivity index (χ0) is 18.4. The summed E-state index contributed by atoms with van der Waals surface area (Å²) >= 11 is 11.9. The predicted octanol–water partition coefficient (Wildman–Crippen LogP) is 3.27. The number of halogens is 2. The van der Waals surface area contributed by atoms with Gasteiger partial charge in [0.15, 0.2) is 0 Å². The fraction of sp³-hybridized carbons (Fsp3) is 0.235. The van der Waals surface area contributed by atoms with Crippen LogP contribution in [0.1, 0.15) is 11.1 Å². The van der Waals surface area contributed by atoms with E-state index in [1.807, 2.05) is 0 Å². The maximum Gasteiger partial charge on any atom is 0.229 e. The molecule has 0 aliphatic carbocycles. The van der Waals surface area contributed by atoms with Crippen LogP contribution in [-0.2, 0) is 27.7 Å². The third kappa shape index (κ3) is 6.94. The highest BCUT2D eigenvalue weighted by atomic mass is 35.5. The van der Waals surface area contributed by atoms with Crippen LogP contribution in [0, 0.1) is 0 Å². The second-order valence-electron chi connectivity index (χ2n) is 5.59. The summed E-state index contributed by atoms with van der Waals surface area (Å²) in [7, 11) is -3.40. The predicted molar refractivity (Wildman–Crippen MR) is 102 cm³/mol. The second kappa shape index (κ2) is 8.56. The van der Waals surface area contributed by atoms with Crippen LogP contribution in [0.15, 0.2) is 42.5 Å². The van der Waals surface area contributed by atoms with Crippen LogP contribution in [-0.4, -0.2) is 27.1 Å². The van der Waals surface area contributed by atoms with Gasteiger partial charge in [0, 0.05) is 16.6 Å². The lowest BCUT2D eigenvalue weighted by molar-refractivity contribution is -0.120. The Morgan fingerprint density at radius 1 is 1.08 bits per heavy atom. The van der Waals surface area contributed by atoms with E-state index in [1.54, 1.807) is 42.5 Å². The molecule has 0 heterocycles. The van der Waals surface area contributed by atoms with E-state index in [4.69, 9.17) is 23.2 Å². The van der Waals surface area contributed by atoms with E-state index in [1.165, 1.54) is 0 Å². The van der Waals surface area contributed by atoms with Crippen molar-refractivity contribution in [1.82, 2.24) is 5.32 Å². The van der Waals surface area contributed by atoms with Gasteiger partial charge < -0.3 is 5.32 Å². The average Bonchev–Trinajstić information content (AvgIpc) is 2.47. The Kier molecular flexibility index (Phi) is 6.70. The molecule has 0 atom stereocenters. The summed E-state index contributed by atoms with van der Waals surface area (Å²) < 4.78 is 25.2. The summed E-state index contributed by atoms with van der Waals surface area (Å²) in [5, 5.41) is 3.91. The highest BCUT2D eigenvalue weighted by molar-refractivity contribution is 7.92. The minimum Gasteiger partial charge on any atom is -0.355 e. The number of benzene rings is 2. The van der Waals surface area contributed by atoms with E-state index in [0.29, 0.717) is 34.3 Å². The van der Waals surface area contributed by atoms with E-state index in [2.05, 4.69) is 10.0 Å². The molecule has 1 amide bonds. The monoisotopic (exact) mass is 400 g/mol. The number of hydrogen-bond donors (Lipinski definition) is 2. The van der Waals surface area contributed by atoms with Gasteiger partial charge in [0.05, 0.1) is 18.4 Å². The van der Waals surface area contributed by atoms with Crippen molar-refractivity contribution >= 4 is 44.8 Å². The minimum atomic E-state index is -3.40. The van der Waals surface area contributed by atoms with Crippen LogP contribution < -0.4 is 10.0 Å². The smallest absolute Gasteiger partial charge is 0.229 e. The van der Waals surface area contributed by atoms with Crippen molar-refractivity contribution in [2.24, 2.45) is 0 Å². The zero-order valence-corrected chi connectivity index (χ0v) is 15.9. The topological polar surface area (TPSA) is 75.3 Å². The molecule has 0 aromatic heterocycles. The Morgan fingerprint density at radius 2 is 1.72 bits per heavy atom. The summed E-state index contributed by atoms with van der Waals surface area (Å²) in [5.41, 5.74) is 1.94. The van der Waals surface area contributed by atoms with Crippen LogP contribution in [0.3, 0.4) is 0 Å². The van der Waals surface area contributed by atoms with Crippen molar-refractivity contribution in [2.75, 3.05) is 17.5 Å². The number of anilines is 1. The molecular weight excluding hydrogens is 383 g/mol. The van der Waals surface area contributed by atoms with Gasteiger partial charge in [-0.2, -0.15) is 0 Å². The lowest BCUT2D eigenvalue weighted by atomic mass is 10.1. The standard InChI is InChI=1S/C17H18Cl2N2O3S/c1-25(23,24)21-16-5-3-2-4-13(16)10-17(22)20-7-6-12-8-14(18)11-15(19)9-12/h2-5,8-9,11,21H,6-7,10H2,1H3,(H,20,22). The van der Waals surface area contributed by atoms with Gasteiger partial charge in [0.25, 0.3) is 0 Å². The van der Waals surface area contributed by atoms with Crippen molar-refractivity contribution in [1.29, 1.82) is 0 Å². The number of para-hydroxylation sites is 1. The highest BCUT2D eigenvalue weighted by Crippen LogP contribution is 2.19. The number of hydrogen-bond acceptors (Lipinski definition) is 3. The number of rotatable bonds is 7. The molecule has 0 saturated heterocycles. The first-order valence-electron chi connectivity index (χ1n) is 7.50. The number of sulfonamides is 1. The van der Waals surface area contributed by atoms with Crippen molar-refractivity contribution < 1.29 is 13.2 Å². The summed E-state index contributed by atoms with van der Waals surface area (Å²) in [6.45, 7) is 0.428. The third-order valence-corrected chi connectivity index (χ3v) is 4.35. The first kappa shape index (κ1) is 19.6. The van der Waals surface area contributed by atoms with E-state index in [0.717, 1.165) is 11.8 Å². The van der Waals surface area contributed by atoms with Crippen molar-refractivity contribution in [3.05, 3.63) is 63.6 Å². The molecule has 8 heteroatoms. The van der Waals surface area contributed by atoms with Crippen molar-refractivity contribution in [3.8, 4) is 0 Å². The average molecular weight is 401 g/mol. The van der Waals surface area contributed by atoms with Gasteiger partial charge >= 0.3 is 0 Å². The van der Waals surface area contributed by atoms with Crippen molar-refractivity contribution in [2.45, 2.75) is 12.8 Å². The van der Waals surface area contributed by atoms with Crippen LogP contribution >= 0.6 is 23.2 Å². The molecule has 2 aromatic carbocycles. The quantitative estimate of drug-likeness (QED) is 0.748. The molecule has 2 rings (SSSR count). The van der Waals surface area contributed by atoms with E-state index < -0.39 is 10.0 Å². The molecule has 5 nitrogen and oxygen atoms in total. The molecule has 134 valence electrons. The van der Waals surface area contributed by atoms with Crippen LogP contribution in [0.2, 0.25) is 10.0 Å². The van der Waals surface area contributed by atoms with Gasteiger partial charge in [-0.05, 0) is 41.8 Å². The summed E-state index contributed by atoms with van der Waals surface area (Å²) in [6, 6.07) is 12.0. The lowest BCUT2D eigenvalue weighted by Gasteiger charge is -2.11. The Hall–Kier alpha value is -1.76. The highest BCUT2D eigenvalue weighted by Gasteiger charge is 2.10. The van der Waals surface area contributed by atoms with Gasteiger partial charge in [0.2, 0.25) is 15.9 Å². The number of nitrogens with one attached hydrogen (secondary N) is 2. The molecule has 0 spiro atoms. The molecule has 0 aliphatic heterocycles. The molecule has 2 N–H and O–H groups in total. The Labute approximate surface area is 157 Å². The molecule has 0 aliphatic rings. The number of carbonyl (C=O) groups is 1. The number of carbonyl (C=O) groups excluding carboxylic acids is 1. The van der Waals surface area contributed by atoms with E-state index in [-0.39, 0.29) is 12.3 Å². The Bertz CT molecular complexity index is 850. The number of amides is 1. The van der Waals surface area contributed by atoms with Crippen LogP contribution in [0.4, 0.5) is 5.69 Å². The van der Waals surface area contributed by atoms with Gasteiger partial charge in [-0.3, -0.25) is 9.52 Å². The molecule has 0 fully saturated rings. The normalized spacial score (nSPS) is 11.2. The van der Waals surface area contributed by atoms with Gasteiger partial charge in [-0.25, -0.2) is 8.42 Å². The Morgan fingerprint density at radius 3 is 2.36 bits per heavy atom. The summed E-state index contributed by atoms with van der Waals surface area (Å²) in [4.78, 5) is 12.1. The van der Waals surface area contributed by atoms with E-state index in [9.17, 15) is 13.2 Å². The molecule has 0 unspecified atom stereocenters. The van der Waals surface area contributed by atoms with Crippen molar-refractivity contribution in [3.63, 3.8) is 0 Å².